The molecule has 0 amide bonds. The predicted octanol–water partition coefficient (Wildman–Crippen LogP) is 4.42. The SMILES string of the molecule is CC1c2ccsc2CCN1Cc1cccc2cccnc12. The molecule has 0 spiro atoms. The van der Waals surface area contributed by atoms with E-state index in [0.717, 1.165) is 18.6 Å². The number of hydrogen-bond acceptors (Lipinski definition) is 3. The van der Waals surface area contributed by atoms with Crippen LogP contribution in [-0.2, 0) is 13.0 Å². The molecule has 0 aliphatic carbocycles. The zero-order chi connectivity index (χ0) is 14.2. The maximum absolute atomic E-state index is 4.58. The van der Waals surface area contributed by atoms with E-state index < -0.39 is 0 Å². The summed E-state index contributed by atoms with van der Waals surface area (Å²) in [6, 6.07) is 13.4. The zero-order valence-corrected chi connectivity index (χ0v) is 12.9. The summed E-state index contributed by atoms with van der Waals surface area (Å²) >= 11 is 1.90. The van der Waals surface area contributed by atoms with E-state index in [2.05, 4.69) is 52.5 Å². The van der Waals surface area contributed by atoms with Crippen molar-refractivity contribution in [2.45, 2.75) is 25.9 Å². The van der Waals surface area contributed by atoms with Crippen molar-refractivity contribution >= 4 is 22.2 Å². The van der Waals surface area contributed by atoms with Crippen LogP contribution >= 0.6 is 11.3 Å². The summed E-state index contributed by atoms with van der Waals surface area (Å²) in [7, 11) is 0. The molecule has 3 aromatic rings. The third-order valence-corrected chi connectivity index (χ3v) is 5.49. The minimum Gasteiger partial charge on any atom is -0.292 e. The Kier molecular flexibility index (Phi) is 3.24. The molecule has 2 aromatic heterocycles. The number of rotatable bonds is 2. The van der Waals surface area contributed by atoms with Crippen molar-refractivity contribution in [2.75, 3.05) is 6.54 Å². The van der Waals surface area contributed by atoms with Crippen LogP contribution in [0.15, 0.2) is 48.0 Å². The summed E-state index contributed by atoms with van der Waals surface area (Å²) in [4.78, 5) is 8.71. The third kappa shape index (κ3) is 2.27. The highest BCUT2D eigenvalue weighted by Crippen LogP contribution is 2.34. The maximum atomic E-state index is 4.58. The van der Waals surface area contributed by atoms with E-state index in [-0.39, 0.29) is 0 Å². The van der Waals surface area contributed by atoms with Gasteiger partial charge in [0.15, 0.2) is 0 Å². The summed E-state index contributed by atoms with van der Waals surface area (Å²) < 4.78 is 0. The van der Waals surface area contributed by atoms with Crippen molar-refractivity contribution in [3.63, 3.8) is 0 Å². The number of nitrogens with zero attached hydrogens (tertiary/aromatic N) is 2. The average Bonchev–Trinajstić information content (AvgIpc) is 3.00. The van der Waals surface area contributed by atoms with Gasteiger partial charge in [-0.05, 0) is 42.0 Å². The summed E-state index contributed by atoms with van der Waals surface area (Å²) in [6.45, 7) is 4.44. The van der Waals surface area contributed by atoms with Gasteiger partial charge in [0, 0.05) is 35.6 Å². The summed E-state index contributed by atoms with van der Waals surface area (Å²) in [5.74, 6) is 0. The molecule has 1 aliphatic heterocycles. The molecular formula is C18H18N2S. The normalized spacial score (nSPS) is 18.8. The maximum Gasteiger partial charge on any atom is 0.0746 e. The fraction of sp³-hybridized carbons (Fsp3) is 0.278. The van der Waals surface area contributed by atoms with E-state index in [1.54, 1.807) is 4.88 Å². The zero-order valence-electron chi connectivity index (χ0n) is 12.1. The molecule has 2 nitrogen and oxygen atoms in total. The Hall–Kier alpha value is -1.71. The standard InChI is InChI=1S/C18H18N2S/c1-13-16-8-11-21-17(16)7-10-20(13)12-15-5-2-4-14-6-3-9-19-18(14)15/h2-6,8-9,11,13H,7,10,12H2,1H3. The first-order valence-corrected chi connectivity index (χ1v) is 8.34. The highest BCUT2D eigenvalue weighted by atomic mass is 32.1. The second-order valence-corrected chi connectivity index (χ2v) is 6.69. The molecule has 3 heteroatoms. The lowest BCUT2D eigenvalue weighted by molar-refractivity contribution is 0.192. The van der Waals surface area contributed by atoms with Gasteiger partial charge in [0.1, 0.15) is 0 Å². The van der Waals surface area contributed by atoms with Crippen LogP contribution in [0.25, 0.3) is 10.9 Å². The Morgan fingerprint density at radius 1 is 1.24 bits per heavy atom. The number of hydrogen-bond donors (Lipinski definition) is 0. The molecule has 3 heterocycles. The Labute approximate surface area is 129 Å². The second-order valence-electron chi connectivity index (χ2n) is 5.69. The first-order valence-electron chi connectivity index (χ1n) is 7.46. The van der Waals surface area contributed by atoms with Crippen LogP contribution < -0.4 is 0 Å². The van der Waals surface area contributed by atoms with E-state index in [9.17, 15) is 0 Å². The monoisotopic (exact) mass is 294 g/mol. The van der Waals surface area contributed by atoms with Gasteiger partial charge in [0.05, 0.1) is 5.52 Å². The van der Waals surface area contributed by atoms with Gasteiger partial charge in [-0.2, -0.15) is 0 Å². The lowest BCUT2D eigenvalue weighted by Crippen LogP contribution is -2.32. The van der Waals surface area contributed by atoms with Gasteiger partial charge in [-0.3, -0.25) is 9.88 Å². The van der Waals surface area contributed by atoms with E-state index in [4.69, 9.17) is 0 Å². The quantitative estimate of drug-likeness (QED) is 0.695. The molecule has 0 radical (unpaired) electrons. The van der Waals surface area contributed by atoms with Crippen molar-refractivity contribution in [1.82, 2.24) is 9.88 Å². The molecule has 1 unspecified atom stereocenters. The van der Waals surface area contributed by atoms with Crippen LogP contribution in [0, 0.1) is 0 Å². The van der Waals surface area contributed by atoms with Crippen LogP contribution in [0.3, 0.4) is 0 Å². The number of fused-ring (bicyclic) bond motifs is 2. The van der Waals surface area contributed by atoms with Crippen molar-refractivity contribution in [2.24, 2.45) is 0 Å². The Morgan fingerprint density at radius 2 is 2.14 bits per heavy atom. The Morgan fingerprint density at radius 3 is 3.10 bits per heavy atom. The van der Waals surface area contributed by atoms with E-state index in [1.165, 1.54) is 22.9 Å². The summed E-state index contributed by atoms with van der Waals surface area (Å²) in [5.41, 5.74) is 3.99. The Bertz CT molecular complexity index is 772. The molecule has 0 saturated carbocycles. The minimum atomic E-state index is 0.499. The first-order chi connectivity index (χ1) is 10.3. The Balaban J connectivity index is 1.67. The van der Waals surface area contributed by atoms with Gasteiger partial charge in [0.2, 0.25) is 0 Å². The van der Waals surface area contributed by atoms with Crippen LogP contribution in [0.5, 0.6) is 0 Å². The van der Waals surface area contributed by atoms with Crippen LogP contribution in [0.1, 0.15) is 29.0 Å². The van der Waals surface area contributed by atoms with Gasteiger partial charge < -0.3 is 0 Å². The summed E-state index contributed by atoms with van der Waals surface area (Å²) in [5, 5.41) is 3.46. The van der Waals surface area contributed by atoms with Crippen molar-refractivity contribution in [1.29, 1.82) is 0 Å². The number of pyridine rings is 1. The molecule has 0 bridgehead atoms. The van der Waals surface area contributed by atoms with E-state index in [0.29, 0.717) is 6.04 Å². The minimum absolute atomic E-state index is 0.499. The fourth-order valence-electron chi connectivity index (χ4n) is 3.29. The van der Waals surface area contributed by atoms with Gasteiger partial charge >= 0.3 is 0 Å². The molecule has 0 N–H and O–H groups in total. The van der Waals surface area contributed by atoms with E-state index in [1.807, 2.05) is 23.6 Å². The molecule has 1 atom stereocenters. The highest BCUT2D eigenvalue weighted by Gasteiger charge is 2.24. The fourth-order valence-corrected chi connectivity index (χ4v) is 4.25. The number of para-hydroxylation sites is 1. The number of thiophene rings is 1. The molecule has 1 aromatic carbocycles. The van der Waals surface area contributed by atoms with Gasteiger partial charge in [-0.25, -0.2) is 0 Å². The molecule has 1 aliphatic rings. The number of aromatic nitrogens is 1. The summed E-state index contributed by atoms with van der Waals surface area (Å²) in [6.07, 6.45) is 3.07. The second kappa shape index (κ2) is 5.24. The van der Waals surface area contributed by atoms with Gasteiger partial charge in [-0.15, -0.1) is 11.3 Å². The molecule has 21 heavy (non-hydrogen) atoms. The number of benzene rings is 1. The first kappa shape index (κ1) is 13.0. The largest absolute Gasteiger partial charge is 0.292 e. The van der Waals surface area contributed by atoms with Crippen molar-refractivity contribution in [3.8, 4) is 0 Å². The van der Waals surface area contributed by atoms with Crippen molar-refractivity contribution < 1.29 is 0 Å². The van der Waals surface area contributed by atoms with Crippen LogP contribution in [-0.4, -0.2) is 16.4 Å². The molecule has 0 saturated heterocycles. The molecule has 4 rings (SSSR count). The topological polar surface area (TPSA) is 16.1 Å². The van der Waals surface area contributed by atoms with Crippen molar-refractivity contribution in [3.05, 3.63) is 64.0 Å². The molecular weight excluding hydrogens is 276 g/mol. The smallest absolute Gasteiger partial charge is 0.0746 e. The predicted molar refractivity (Wildman–Crippen MR) is 88.6 cm³/mol. The van der Waals surface area contributed by atoms with Crippen LogP contribution in [0.2, 0.25) is 0 Å². The van der Waals surface area contributed by atoms with E-state index >= 15 is 0 Å². The average molecular weight is 294 g/mol. The molecule has 0 fully saturated rings. The molecule has 106 valence electrons. The lowest BCUT2D eigenvalue weighted by Gasteiger charge is -2.33. The third-order valence-electron chi connectivity index (χ3n) is 4.49. The van der Waals surface area contributed by atoms with Crippen LogP contribution in [0.4, 0.5) is 0 Å². The highest BCUT2D eigenvalue weighted by molar-refractivity contribution is 7.10. The van der Waals surface area contributed by atoms with Gasteiger partial charge in [-0.1, -0.05) is 24.3 Å². The lowest BCUT2D eigenvalue weighted by atomic mass is 10.00. The van der Waals surface area contributed by atoms with Gasteiger partial charge in [0.25, 0.3) is 0 Å².